The molecule has 1 heterocycles. The Bertz CT molecular complexity index is 514. The van der Waals surface area contributed by atoms with Crippen LogP contribution in [0.25, 0.3) is 0 Å². The van der Waals surface area contributed by atoms with Gasteiger partial charge in [0.25, 0.3) is 0 Å². The highest BCUT2D eigenvalue weighted by Crippen LogP contribution is 2.28. The second-order valence-electron chi connectivity index (χ2n) is 5.55. The molecule has 1 aromatic carbocycles. The maximum Gasteiger partial charge on any atom is 0.227 e. The largest absolute Gasteiger partial charge is 0.490 e. The molecule has 0 radical (unpaired) electrons. The number of benzene rings is 1. The van der Waals surface area contributed by atoms with E-state index in [9.17, 15) is 4.79 Å². The molecule has 5 nitrogen and oxygen atoms in total. The number of amides is 1. The van der Waals surface area contributed by atoms with Crippen molar-refractivity contribution >= 4 is 35.6 Å². The Hall–Kier alpha value is -1.01. The quantitative estimate of drug-likeness (QED) is 0.763. The Morgan fingerprint density at radius 1 is 1.43 bits per heavy atom. The van der Waals surface area contributed by atoms with Crippen LogP contribution in [-0.4, -0.2) is 38.8 Å². The van der Waals surface area contributed by atoms with E-state index in [0.29, 0.717) is 35.7 Å². The SMILES string of the molecule is COCCOc1ccc(NC(=O)[C@H]2CCN[C@@H](C)C2)cc1Cl.Cl. The zero-order chi connectivity index (χ0) is 15.9. The van der Waals surface area contributed by atoms with Gasteiger partial charge >= 0.3 is 0 Å². The smallest absolute Gasteiger partial charge is 0.227 e. The molecule has 0 spiro atoms. The molecule has 1 saturated heterocycles. The topological polar surface area (TPSA) is 59.6 Å². The summed E-state index contributed by atoms with van der Waals surface area (Å²) in [5, 5.41) is 6.76. The number of hydrogen-bond acceptors (Lipinski definition) is 4. The van der Waals surface area contributed by atoms with Crippen molar-refractivity contribution in [3.8, 4) is 5.75 Å². The van der Waals surface area contributed by atoms with Gasteiger partial charge in [0.1, 0.15) is 12.4 Å². The first-order valence-electron chi connectivity index (χ1n) is 7.55. The number of rotatable bonds is 6. The minimum Gasteiger partial charge on any atom is -0.490 e. The molecule has 1 aromatic rings. The lowest BCUT2D eigenvalue weighted by atomic mass is 9.92. The van der Waals surface area contributed by atoms with Crippen LogP contribution in [0.1, 0.15) is 19.8 Å². The summed E-state index contributed by atoms with van der Waals surface area (Å²) in [4.78, 5) is 12.3. The van der Waals surface area contributed by atoms with Crippen LogP contribution >= 0.6 is 24.0 Å². The molecular weight excluding hydrogens is 339 g/mol. The van der Waals surface area contributed by atoms with Crippen molar-refractivity contribution in [2.75, 3.05) is 32.2 Å². The zero-order valence-corrected chi connectivity index (χ0v) is 15.0. The average molecular weight is 363 g/mol. The maximum absolute atomic E-state index is 12.3. The fraction of sp³-hybridized carbons (Fsp3) is 0.562. The van der Waals surface area contributed by atoms with Gasteiger partial charge in [-0.1, -0.05) is 11.6 Å². The second-order valence-corrected chi connectivity index (χ2v) is 5.96. The van der Waals surface area contributed by atoms with Crippen molar-refractivity contribution in [3.05, 3.63) is 23.2 Å². The first kappa shape index (κ1) is 20.0. The molecule has 0 aromatic heterocycles. The highest BCUT2D eigenvalue weighted by molar-refractivity contribution is 6.32. The van der Waals surface area contributed by atoms with Crippen LogP contribution in [0, 0.1) is 5.92 Å². The molecule has 2 atom stereocenters. The molecule has 2 N–H and O–H groups in total. The van der Waals surface area contributed by atoms with Gasteiger partial charge < -0.3 is 20.1 Å². The van der Waals surface area contributed by atoms with E-state index in [1.807, 2.05) is 0 Å². The predicted octanol–water partition coefficient (Wildman–Crippen LogP) is 3.11. The number of carbonyl (C=O) groups is 1. The molecule has 1 aliphatic heterocycles. The molecule has 2 rings (SSSR count). The second kappa shape index (κ2) is 9.98. The van der Waals surface area contributed by atoms with Gasteiger partial charge in [-0.25, -0.2) is 0 Å². The summed E-state index contributed by atoms with van der Waals surface area (Å²) in [6.07, 6.45) is 1.72. The number of nitrogens with one attached hydrogen (secondary N) is 2. The lowest BCUT2D eigenvalue weighted by molar-refractivity contribution is -0.120. The Morgan fingerprint density at radius 3 is 2.87 bits per heavy atom. The Morgan fingerprint density at radius 2 is 2.22 bits per heavy atom. The van der Waals surface area contributed by atoms with Crippen LogP contribution in [0.2, 0.25) is 5.02 Å². The van der Waals surface area contributed by atoms with Crippen molar-refractivity contribution in [1.82, 2.24) is 5.32 Å². The van der Waals surface area contributed by atoms with Crippen LogP contribution in [0.4, 0.5) is 5.69 Å². The predicted molar refractivity (Wildman–Crippen MR) is 94.9 cm³/mol. The Labute approximate surface area is 148 Å². The Balaban J connectivity index is 0.00000264. The number of methoxy groups -OCH3 is 1. The van der Waals surface area contributed by atoms with Crippen molar-refractivity contribution < 1.29 is 14.3 Å². The van der Waals surface area contributed by atoms with E-state index in [2.05, 4.69) is 17.6 Å². The van der Waals surface area contributed by atoms with Gasteiger partial charge in [-0.2, -0.15) is 0 Å². The Kier molecular flexibility index (Phi) is 8.69. The molecule has 7 heteroatoms. The zero-order valence-electron chi connectivity index (χ0n) is 13.4. The van der Waals surface area contributed by atoms with Gasteiger partial charge in [-0.15, -0.1) is 12.4 Å². The molecule has 23 heavy (non-hydrogen) atoms. The number of carbonyl (C=O) groups excluding carboxylic acids is 1. The summed E-state index contributed by atoms with van der Waals surface area (Å²) >= 11 is 6.17. The number of ether oxygens (including phenoxy) is 2. The molecule has 0 aliphatic carbocycles. The van der Waals surface area contributed by atoms with Crippen LogP contribution in [-0.2, 0) is 9.53 Å². The van der Waals surface area contributed by atoms with E-state index in [1.165, 1.54) is 0 Å². The third-order valence-electron chi connectivity index (χ3n) is 3.74. The van der Waals surface area contributed by atoms with Crippen LogP contribution in [0.5, 0.6) is 5.75 Å². The van der Waals surface area contributed by atoms with E-state index >= 15 is 0 Å². The van der Waals surface area contributed by atoms with E-state index < -0.39 is 0 Å². The van der Waals surface area contributed by atoms with Gasteiger partial charge in [0.2, 0.25) is 5.91 Å². The summed E-state index contributed by atoms with van der Waals surface area (Å²) in [6.45, 7) is 3.92. The summed E-state index contributed by atoms with van der Waals surface area (Å²) in [5.41, 5.74) is 0.695. The monoisotopic (exact) mass is 362 g/mol. The van der Waals surface area contributed by atoms with Crippen LogP contribution < -0.4 is 15.4 Å². The molecule has 1 fully saturated rings. The van der Waals surface area contributed by atoms with E-state index in [-0.39, 0.29) is 24.2 Å². The van der Waals surface area contributed by atoms with Crippen LogP contribution in [0.15, 0.2) is 18.2 Å². The molecule has 0 bridgehead atoms. The summed E-state index contributed by atoms with van der Waals surface area (Å²) in [5.74, 6) is 0.692. The van der Waals surface area contributed by atoms with Crippen LogP contribution in [0.3, 0.4) is 0 Å². The third kappa shape index (κ3) is 6.18. The molecule has 1 amide bonds. The molecular formula is C16H24Cl2N2O3. The summed E-state index contributed by atoms with van der Waals surface area (Å²) in [7, 11) is 1.62. The van der Waals surface area contributed by atoms with E-state index in [0.717, 1.165) is 19.4 Å². The van der Waals surface area contributed by atoms with Gasteiger partial charge in [0, 0.05) is 24.8 Å². The average Bonchev–Trinajstić information content (AvgIpc) is 2.49. The molecule has 0 unspecified atom stereocenters. The first-order valence-corrected chi connectivity index (χ1v) is 7.93. The van der Waals surface area contributed by atoms with Gasteiger partial charge in [-0.3, -0.25) is 4.79 Å². The number of halogens is 2. The molecule has 0 saturated carbocycles. The van der Waals surface area contributed by atoms with Crippen molar-refractivity contribution in [1.29, 1.82) is 0 Å². The summed E-state index contributed by atoms with van der Waals surface area (Å²) in [6, 6.07) is 5.66. The number of hydrogen-bond donors (Lipinski definition) is 2. The standard InChI is InChI=1S/C16H23ClN2O3.ClH/c1-11-9-12(5-6-18-11)16(20)19-13-3-4-15(14(17)10-13)22-8-7-21-2;/h3-4,10-12,18H,5-9H2,1-2H3,(H,19,20);1H/t11-,12-;/m0./s1. The highest BCUT2D eigenvalue weighted by atomic mass is 35.5. The van der Waals surface area contributed by atoms with Crippen molar-refractivity contribution in [2.24, 2.45) is 5.92 Å². The van der Waals surface area contributed by atoms with E-state index in [4.69, 9.17) is 21.1 Å². The number of anilines is 1. The minimum absolute atomic E-state index is 0. The summed E-state index contributed by atoms with van der Waals surface area (Å²) < 4.78 is 10.4. The number of piperidine rings is 1. The maximum atomic E-state index is 12.3. The van der Waals surface area contributed by atoms with Crippen molar-refractivity contribution in [2.45, 2.75) is 25.8 Å². The normalized spacial score (nSPS) is 20.5. The van der Waals surface area contributed by atoms with Gasteiger partial charge in [-0.05, 0) is 44.5 Å². The fourth-order valence-corrected chi connectivity index (χ4v) is 2.78. The molecule has 130 valence electrons. The van der Waals surface area contributed by atoms with Crippen molar-refractivity contribution in [3.63, 3.8) is 0 Å². The minimum atomic E-state index is 0. The fourth-order valence-electron chi connectivity index (χ4n) is 2.54. The van der Waals surface area contributed by atoms with Gasteiger partial charge in [0.15, 0.2) is 0 Å². The third-order valence-corrected chi connectivity index (χ3v) is 4.03. The lowest BCUT2D eigenvalue weighted by Crippen LogP contribution is -2.40. The molecule has 1 aliphatic rings. The van der Waals surface area contributed by atoms with E-state index in [1.54, 1.807) is 25.3 Å². The highest BCUT2D eigenvalue weighted by Gasteiger charge is 2.24. The lowest BCUT2D eigenvalue weighted by Gasteiger charge is -2.27. The van der Waals surface area contributed by atoms with Gasteiger partial charge in [0.05, 0.1) is 11.6 Å². The first-order chi connectivity index (χ1) is 10.6.